The van der Waals surface area contributed by atoms with Gasteiger partial charge < -0.3 is 14.7 Å². The normalized spacial score (nSPS) is 12.1. The molecule has 0 fully saturated rings. The number of pyridine rings is 1. The SMILES string of the molecule is CCN(CC(O)COc1cccc2cccnc12)c1ccccc1. The van der Waals surface area contributed by atoms with Crippen LogP contribution < -0.4 is 9.64 Å². The predicted octanol–water partition coefficient (Wildman–Crippen LogP) is 3.50. The molecule has 1 unspecified atom stereocenters. The van der Waals surface area contributed by atoms with Gasteiger partial charge in [-0.2, -0.15) is 0 Å². The average molecular weight is 322 g/mol. The number of fused-ring (bicyclic) bond motifs is 1. The molecule has 0 aliphatic rings. The van der Waals surface area contributed by atoms with Gasteiger partial charge in [0.15, 0.2) is 0 Å². The molecule has 0 aliphatic carbocycles. The van der Waals surface area contributed by atoms with Crippen LogP contribution in [0.15, 0.2) is 66.9 Å². The topological polar surface area (TPSA) is 45.6 Å². The molecule has 1 atom stereocenters. The van der Waals surface area contributed by atoms with E-state index in [4.69, 9.17) is 4.74 Å². The minimum atomic E-state index is -0.580. The van der Waals surface area contributed by atoms with E-state index < -0.39 is 6.10 Å². The number of aliphatic hydroxyl groups excluding tert-OH is 1. The molecule has 3 aromatic rings. The average Bonchev–Trinajstić information content (AvgIpc) is 2.65. The molecule has 4 heteroatoms. The summed E-state index contributed by atoms with van der Waals surface area (Å²) >= 11 is 0. The van der Waals surface area contributed by atoms with Crippen molar-refractivity contribution in [3.63, 3.8) is 0 Å². The van der Waals surface area contributed by atoms with Crippen molar-refractivity contribution in [1.82, 2.24) is 4.98 Å². The van der Waals surface area contributed by atoms with E-state index in [2.05, 4.69) is 16.8 Å². The number of para-hydroxylation sites is 2. The van der Waals surface area contributed by atoms with E-state index in [-0.39, 0.29) is 6.61 Å². The Morgan fingerprint density at radius 2 is 1.83 bits per heavy atom. The minimum absolute atomic E-state index is 0.235. The van der Waals surface area contributed by atoms with Crippen LogP contribution in [0.5, 0.6) is 5.75 Å². The first kappa shape index (κ1) is 16.3. The Kier molecular flexibility index (Phi) is 5.29. The lowest BCUT2D eigenvalue weighted by molar-refractivity contribution is 0.113. The Morgan fingerprint density at radius 3 is 2.62 bits per heavy atom. The van der Waals surface area contributed by atoms with Crippen LogP contribution in [-0.4, -0.2) is 35.9 Å². The number of likely N-dealkylation sites (N-methyl/N-ethyl adjacent to an activating group) is 1. The van der Waals surface area contributed by atoms with E-state index in [0.717, 1.165) is 23.1 Å². The van der Waals surface area contributed by atoms with Gasteiger partial charge in [0, 0.05) is 30.4 Å². The van der Waals surface area contributed by atoms with Gasteiger partial charge in [-0.3, -0.25) is 4.98 Å². The lowest BCUT2D eigenvalue weighted by Crippen LogP contribution is -2.35. The Balaban J connectivity index is 1.63. The van der Waals surface area contributed by atoms with Crippen molar-refractivity contribution in [2.75, 3.05) is 24.6 Å². The highest BCUT2D eigenvalue weighted by Gasteiger charge is 2.12. The molecule has 0 bridgehead atoms. The molecule has 0 saturated heterocycles. The number of hydrogen-bond acceptors (Lipinski definition) is 4. The molecular formula is C20H22N2O2. The molecule has 0 radical (unpaired) electrons. The molecule has 124 valence electrons. The van der Waals surface area contributed by atoms with E-state index in [0.29, 0.717) is 12.3 Å². The molecule has 1 N–H and O–H groups in total. The van der Waals surface area contributed by atoms with E-state index in [1.54, 1.807) is 6.20 Å². The standard InChI is InChI=1S/C20H22N2O2/c1-2-22(17-10-4-3-5-11-17)14-18(23)15-24-19-12-6-8-16-9-7-13-21-20(16)19/h3-13,18,23H,2,14-15H2,1H3. The third-order valence-corrected chi connectivity index (χ3v) is 3.96. The van der Waals surface area contributed by atoms with E-state index in [1.807, 2.05) is 60.7 Å². The van der Waals surface area contributed by atoms with Crippen LogP contribution in [0.4, 0.5) is 5.69 Å². The fourth-order valence-electron chi connectivity index (χ4n) is 2.74. The highest BCUT2D eigenvalue weighted by atomic mass is 16.5. The second-order valence-corrected chi connectivity index (χ2v) is 5.67. The Bertz CT molecular complexity index is 771. The fourth-order valence-corrected chi connectivity index (χ4v) is 2.74. The van der Waals surface area contributed by atoms with E-state index >= 15 is 0 Å². The number of rotatable bonds is 7. The maximum absolute atomic E-state index is 10.4. The zero-order valence-electron chi connectivity index (χ0n) is 13.8. The Labute approximate surface area is 142 Å². The quantitative estimate of drug-likeness (QED) is 0.723. The van der Waals surface area contributed by atoms with Crippen molar-refractivity contribution >= 4 is 16.6 Å². The van der Waals surface area contributed by atoms with Crippen molar-refractivity contribution in [1.29, 1.82) is 0 Å². The third kappa shape index (κ3) is 3.84. The maximum Gasteiger partial charge on any atom is 0.145 e. The van der Waals surface area contributed by atoms with Gasteiger partial charge in [0.1, 0.15) is 24.0 Å². The number of ether oxygens (including phenoxy) is 1. The van der Waals surface area contributed by atoms with Crippen molar-refractivity contribution in [2.45, 2.75) is 13.0 Å². The van der Waals surface area contributed by atoms with Gasteiger partial charge in [0.25, 0.3) is 0 Å². The van der Waals surface area contributed by atoms with Gasteiger partial charge in [-0.25, -0.2) is 0 Å². The predicted molar refractivity (Wildman–Crippen MR) is 97.6 cm³/mol. The van der Waals surface area contributed by atoms with Crippen molar-refractivity contribution in [2.24, 2.45) is 0 Å². The molecule has 24 heavy (non-hydrogen) atoms. The third-order valence-electron chi connectivity index (χ3n) is 3.96. The summed E-state index contributed by atoms with van der Waals surface area (Å²) in [6.07, 6.45) is 1.17. The lowest BCUT2D eigenvalue weighted by Gasteiger charge is -2.26. The number of benzene rings is 2. The molecule has 0 amide bonds. The van der Waals surface area contributed by atoms with Crippen LogP contribution in [0.2, 0.25) is 0 Å². The van der Waals surface area contributed by atoms with Crippen LogP contribution in [0.3, 0.4) is 0 Å². The van der Waals surface area contributed by atoms with Crippen LogP contribution in [0.1, 0.15) is 6.92 Å². The first-order valence-corrected chi connectivity index (χ1v) is 8.22. The van der Waals surface area contributed by atoms with Gasteiger partial charge >= 0.3 is 0 Å². The summed E-state index contributed by atoms with van der Waals surface area (Å²) in [6, 6.07) is 19.8. The van der Waals surface area contributed by atoms with Gasteiger partial charge in [-0.1, -0.05) is 36.4 Å². The van der Waals surface area contributed by atoms with Crippen LogP contribution >= 0.6 is 0 Å². The largest absolute Gasteiger partial charge is 0.489 e. The minimum Gasteiger partial charge on any atom is -0.489 e. The number of aliphatic hydroxyl groups is 1. The van der Waals surface area contributed by atoms with Crippen molar-refractivity contribution < 1.29 is 9.84 Å². The summed E-state index contributed by atoms with van der Waals surface area (Å²) in [5.41, 5.74) is 1.92. The van der Waals surface area contributed by atoms with Gasteiger partial charge in [-0.05, 0) is 31.2 Å². The summed E-state index contributed by atoms with van der Waals surface area (Å²) in [4.78, 5) is 6.50. The van der Waals surface area contributed by atoms with Crippen LogP contribution in [0.25, 0.3) is 10.9 Å². The molecule has 0 saturated carbocycles. The first-order chi connectivity index (χ1) is 11.8. The van der Waals surface area contributed by atoms with E-state index in [1.165, 1.54) is 0 Å². The molecule has 1 heterocycles. The molecule has 2 aromatic carbocycles. The number of nitrogens with zero attached hydrogens (tertiary/aromatic N) is 2. The van der Waals surface area contributed by atoms with Crippen molar-refractivity contribution in [3.8, 4) is 5.75 Å². The molecule has 1 aromatic heterocycles. The molecule has 0 aliphatic heterocycles. The summed E-state index contributed by atoms with van der Waals surface area (Å²) in [6.45, 7) is 3.67. The fraction of sp³-hybridized carbons (Fsp3) is 0.250. The summed E-state index contributed by atoms with van der Waals surface area (Å²) in [5, 5.41) is 11.4. The number of anilines is 1. The number of hydrogen-bond donors (Lipinski definition) is 1. The van der Waals surface area contributed by atoms with Crippen molar-refractivity contribution in [3.05, 3.63) is 66.9 Å². The zero-order chi connectivity index (χ0) is 16.8. The summed E-state index contributed by atoms with van der Waals surface area (Å²) in [5.74, 6) is 0.704. The van der Waals surface area contributed by atoms with Gasteiger partial charge in [-0.15, -0.1) is 0 Å². The molecule has 4 nitrogen and oxygen atoms in total. The molecule has 0 spiro atoms. The highest BCUT2D eigenvalue weighted by molar-refractivity contribution is 5.84. The maximum atomic E-state index is 10.4. The lowest BCUT2D eigenvalue weighted by atomic mass is 10.2. The highest BCUT2D eigenvalue weighted by Crippen LogP contribution is 2.23. The van der Waals surface area contributed by atoms with E-state index in [9.17, 15) is 5.11 Å². The van der Waals surface area contributed by atoms with Crippen LogP contribution in [0, 0.1) is 0 Å². The first-order valence-electron chi connectivity index (χ1n) is 8.22. The van der Waals surface area contributed by atoms with Gasteiger partial charge in [0.05, 0.1) is 0 Å². The number of aromatic nitrogens is 1. The summed E-state index contributed by atoms with van der Waals surface area (Å²) in [7, 11) is 0. The molecule has 3 rings (SSSR count). The zero-order valence-corrected chi connectivity index (χ0v) is 13.8. The second kappa shape index (κ2) is 7.79. The smallest absolute Gasteiger partial charge is 0.145 e. The van der Waals surface area contributed by atoms with Gasteiger partial charge in [0.2, 0.25) is 0 Å². The Hall–Kier alpha value is -2.59. The molecular weight excluding hydrogens is 300 g/mol. The monoisotopic (exact) mass is 322 g/mol. The Morgan fingerprint density at radius 1 is 1.04 bits per heavy atom. The second-order valence-electron chi connectivity index (χ2n) is 5.67. The van der Waals surface area contributed by atoms with Crippen LogP contribution in [-0.2, 0) is 0 Å². The summed E-state index contributed by atoms with van der Waals surface area (Å²) < 4.78 is 5.82.